The van der Waals surface area contributed by atoms with Crippen molar-refractivity contribution in [2.75, 3.05) is 32.1 Å². The Balaban J connectivity index is 1.56. The molecule has 2 aliphatic heterocycles. The Morgan fingerprint density at radius 1 is 1.18 bits per heavy atom. The molecule has 8 nitrogen and oxygen atoms in total. The summed E-state index contributed by atoms with van der Waals surface area (Å²) >= 11 is 1.39. The molecule has 2 aromatic rings. The number of nitrogens with zero attached hydrogens (tertiary/aromatic N) is 2. The number of fused-ring (bicyclic) bond motifs is 1. The maximum Gasteiger partial charge on any atom is 0.341 e. The maximum atomic E-state index is 13.1. The van der Waals surface area contributed by atoms with Gasteiger partial charge < -0.3 is 15.0 Å². The Morgan fingerprint density at radius 2 is 1.91 bits per heavy atom. The summed E-state index contributed by atoms with van der Waals surface area (Å²) in [6, 6.07) is 5.95. The van der Waals surface area contributed by atoms with Crippen LogP contribution in [0.1, 0.15) is 64.3 Å². The molecule has 1 N–H and O–H groups in total. The van der Waals surface area contributed by atoms with Gasteiger partial charge in [0.25, 0.3) is 5.91 Å². The summed E-state index contributed by atoms with van der Waals surface area (Å²) < 4.78 is 32.9. The zero-order chi connectivity index (χ0) is 24.5. The number of carbonyl (C=O) groups excluding carboxylic acids is 2. The van der Waals surface area contributed by atoms with E-state index in [1.807, 2.05) is 14.0 Å². The highest BCUT2D eigenvalue weighted by molar-refractivity contribution is 7.89. The number of amides is 1. The zero-order valence-electron chi connectivity index (χ0n) is 19.8. The van der Waals surface area contributed by atoms with Gasteiger partial charge in [0.2, 0.25) is 10.0 Å². The van der Waals surface area contributed by atoms with Crippen molar-refractivity contribution in [1.82, 2.24) is 9.21 Å². The number of ether oxygens (including phenoxy) is 1. The highest BCUT2D eigenvalue weighted by Crippen LogP contribution is 2.37. The van der Waals surface area contributed by atoms with Gasteiger partial charge in [0, 0.05) is 36.1 Å². The van der Waals surface area contributed by atoms with Crippen LogP contribution in [0.3, 0.4) is 0 Å². The summed E-state index contributed by atoms with van der Waals surface area (Å²) in [5.41, 5.74) is 1.69. The van der Waals surface area contributed by atoms with Gasteiger partial charge in [-0.05, 0) is 70.0 Å². The maximum absolute atomic E-state index is 13.1. The minimum Gasteiger partial charge on any atom is -0.462 e. The molecule has 184 valence electrons. The van der Waals surface area contributed by atoms with Crippen LogP contribution < -0.4 is 5.32 Å². The number of thiophene rings is 1. The van der Waals surface area contributed by atoms with Gasteiger partial charge in [-0.25, -0.2) is 13.2 Å². The molecular weight excluding hydrogens is 474 g/mol. The zero-order valence-corrected chi connectivity index (χ0v) is 21.4. The van der Waals surface area contributed by atoms with E-state index in [-0.39, 0.29) is 17.5 Å². The molecule has 1 aromatic heterocycles. The fourth-order valence-electron chi connectivity index (χ4n) is 4.56. The summed E-state index contributed by atoms with van der Waals surface area (Å²) in [6.45, 7) is 5.99. The third-order valence-electron chi connectivity index (χ3n) is 6.42. The van der Waals surface area contributed by atoms with Crippen molar-refractivity contribution in [3.05, 3.63) is 45.8 Å². The van der Waals surface area contributed by atoms with E-state index in [2.05, 4.69) is 10.2 Å². The van der Waals surface area contributed by atoms with Crippen molar-refractivity contribution in [3.8, 4) is 0 Å². The van der Waals surface area contributed by atoms with Gasteiger partial charge in [-0.1, -0.05) is 6.42 Å². The summed E-state index contributed by atoms with van der Waals surface area (Å²) in [5.74, 6) is -0.829. The monoisotopic (exact) mass is 505 g/mol. The SMILES string of the molecule is CCOC(=O)c1c(NC(=O)c2ccc(S(=O)(=O)N3CCCC[C@H]3C)cc2)sc2c1CCN(C)C2. The topological polar surface area (TPSA) is 96.0 Å². The largest absolute Gasteiger partial charge is 0.462 e. The van der Waals surface area contributed by atoms with E-state index >= 15 is 0 Å². The second-order valence-electron chi connectivity index (χ2n) is 8.86. The van der Waals surface area contributed by atoms with E-state index in [9.17, 15) is 18.0 Å². The van der Waals surface area contributed by atoms with Gasteiger partial charge in [0.05, 0.1) is 17.1 Å². The normalized spacial score (nSPS) is 19.4. The Kier molecular flexibility index (Phi) is 7.42. The van der Waals surface area contributed by atoms with Crippen molar-refractivity contribution in [1.29, 1.82) is 0 Å². The molecular formula is C24H31N3O5S2. The molecule has 2 aliphatic rings. The van der Waals surface area contributed by atoms with Crippen LogP contribution in [0.25, 0.3) is 0 Å². The number of hydrogen-bond donors (Lipinski definition) is 1. The predicted octanol–water partition coefficient (Wildman–Crippen LogP) is 3.73. The first-order chi connectivity index (χ1) is 16.2. The van der Waals surface area contributed by atoms with Crippen molar-refractivity contribution in [2.24, 2.45) is 0 Å². The second kappa shape index (κ2) is 10.2. The second-order valence-corrected chi connectivity index (χ2v) is 11.9. The first-order valence-electron chi connectivity index (χ1n) is 11.7. The number of carbonyl (C=O) groups is 2. The average molecular weight is 506 g/mol. The van der Waals surface area contributed by atoms with Crippen molar-refractivity contribution in [2.45, 2.75) is 57.0 Å². The predicted molar refractivity (Wildman–Crippen MR) is 132 cm³/mol. The molecule has 10 heteroatoms. The molecule has 0 spiro atoms. The van der Waals surface area contributed by atoms with Gasteiger partial charge in [-0.3, -0.25) is 4.79 Å². The van der Waals surface area contributed by atoms with Crippen LogP contribution in [0.2, 0.25) is 0 Å². The van der Waals surface area contributed by atoms with Crippen LogP contribution in [0.5, 0.6) is 0 Å². The molecule has 0 saturated carbocycles. The highest BCUT2D eigenvalue weighted by atomic mass is 32.2. The molecule has 3 heterocycles. The summed E-state index contributed by atoms with van der Waals surface area (Å²) in [4.78, 5) is 29.1. The number of anilines is 1. The molecule has 1 saturated heterocycles. The average Bonchev–Trinajstić information content (AvgIpc) is 3.16. The smallest absolute Gasteiger partial charge is 0.341 e. The lowest BCUT2D eigenvalue weighted by Crippen LogP contribution is -2.41. The number of likely N-dealkylation sites (N-methyl/N-ethyl adjacent to an activating group) is 1. The Morgan fingerprint density at radius 3 is 2.59 bits per heavy atom. The van der Waals surface area contributed by atoms with Crippen molar-refractivity contribution < 1.29 is 22.7 Å². The highest BCUT2D eigenvalue weighted by Gasteiger charge is 2.31. The van der Waals surface area contributed by atoms with Gasteiger partial charge in [0.1, 0.15) is 5.00 Å². The van der Waals surface area contributed by atoms with Gasteiger partial charge in [-0.2, -0.15) is 4.31 Å². The quantitative estimate of drug-likeness (QED) is 0.601. The van der Waals surface area contributed by atoms with Crippen LogP contribution in [-0.2, 0) is 27.7 Å². The van der Waals surface area contributed by atoms with Gasteiger partial charge in [-0.15, -0.1) is 11.3 Å². The Labute approximate surface area is 204 Å². The minimum atomic E-state index is -3.61. The lowest BCUT2D eigenvalue weighted by Gasteiger charge is -2.32. The van der Waals surface area contributed by atoms with E-state index < -0.39 is 21.9 Å². The first kappa shape index (κ1) is 24.8. The van der Waals surface area contributed by atoms with Crippen LogP contribution in [0.15, 0.2) is 29.2 Å². The van der Waals surface area contributed by atoms with Gasteiger partial charge >= 0.3 is 5.97 Å². The van der Waals surface area contributed by atoms with E-state index in [4.69, 9.17) is 4.74 Å². The molecule has 0 unspecified atom stereocenters. The van der Waals surface area contributed by atoms with E-state index in [0.717, 1.165) is 36.2 Å². The molecule has 4 rings (SSSR count). The molecule has 1 amide bonds. The molecule has 34 heavy (non-hydrogen) atoms. The fraction of sp³-hybridized carbons (Fsp3) is 0.500. The lowest BCUT2D eigenvalue weighted by molar-refractivity contribution is 0.0526. The number of esters is 1. The van der Waals surface area contributed by atoms with E-state index in [1.54, 1.807) is 11.2 Å². The molecule has 1 fully saturated rings. The molecule has 0 radical (unpaired) electrons. The van der Waals surface area contributed by atoms with Crippen molar-refractivity contribution >= 4 is 38.2 Å². The fourth-order valence-corrected chi connectivity index (χ4v) is 7.57. The van der Waals surface area contributed by atoms with Crippen molar-refractivity contribution in [3.63, 3.8) is 0 Å². The minimum absolute atomic E-state index is 0.0353. The Hall–Kier alpha value is -2.27. The van der Waals surface area contributed by atoms with Crippen LogP contribution in [0.4, 0.5) is 5.00 Å². The third-order valence-corrected chi connectivity index (χ3v) is 9.58. The number of nitrogens with one attached hydrogen (secondary N) is 1. The number of hydrogen-bond acceptors (Lipinski definition) is 7. The lowest BCUT2D eigenvalue weighted by atomic mass is 10.0. The van der Waals surface area contributed by atoms with E-state index in [1.165, 1.54) is 35.6 Å². The summed E-state index contributed by atoms with van der Waals surface area (Å²) in [5, 5.41) is 3.34. The summed E-state index contributed by atoms with van der Waals surface area (Å²) in [7, 11) is -1.59. The van der Waals surface area contributed by atoms with Crippen LogP contribution in [0, 0.1) is 0 Å². The molecule has 0 aliphatic carbocycles. The summed E-state index contributed by atoms with van der Waals surface area (Å²) in [6.07, 6.45) is 3.45. The van der Waals surface area contributed by atoms with Gasteiger partial charge in [0.15, 0.2) is 0 Å². The number of piperidine rings is 1. The number of benzene rings is 1. The number of sulfonamides is 1. The molecule has 0 bridgehead atoms. The first-order valence-corrected chi connectivity index (χ1v) is 13.9. The molecule has 1 aromatic carbocycles. The number of rotatable bonds is 6. The van der Waals surface area contributed by atoms with E-state index in [0.29, 0.717) is 35.6 Å². The third kappa shape index (κ3) is 4.91. The molecule has 1 atom stereocenters. The van der Waals surface area contributed by atoms with Crippen LogP contribution >= 0.6 is 11.3 Å². The standard InChI is InChI=1S/C24H31N3O5S2/c1-4-32-24(29)21-19-12-14-26(3)15-20(19)33-23(21)25-22(28)17-8-10-18(11-9-17)34(30,31)27-13-6-5-7-16(27)2/h8-11,16H,4-7,12-15H2,1-3H3,(H,25,28)/t16-/m1/s1. The Bertz CT molecular complexity index is 1170. The van der Waals surface area contributed by atoms with Crippen LogP contribution in [-0.4, -0.2) is 62.3 Å².